The molecule has 0 radical (unpaired) electrons. The zero-order valence-electron chi connectivity index (χ0n) is 9.99. The molecular formula is C14H12BrNO2S. The van der Waals surface area contributed by atoms with Crippen LogP contribution in [0.4, 0.5) is 0 Å². The number of benzene rings is 1. The highest BCUT2D eigenvalue weighted by molar-refractivity contribution is 9.10. The summed E-state index contributed by atoms with van der Waals surface area (Å²) in [5.41, 5.74) is 1.02. The molecule has 2 rings (SSSR count). The number of thioether (sulfide) groups is 1. The number of pyridine rings is 1. The van der Waals surface area contributed by atoms with Crippen LogP contribution in [0.1, 0.15) is 5.56 Å². The van der Waals surface area contributed by atoms with Gasteiger partial charge in [-0.05, 0) is 34.0 Å². The van der Waals surface area contributed by atoms with Crippen LogP contribution >= 0.6 is 27.7 Å². The lowest BCUT2D eigenvalue weighted by atomic mass is 10.1. The van der Waals surface area contributed by atoms with Crippen LogP contribution in [0.2, 0.25) is 0 Å². The molecule has 0 aliphatic carbocycles. The number of carboxylic acids is 1. The zero-order valence-corrected chi connectivity index (χ0v) is 12.4. The van der Waals surface area contributed by atoms with E-state index in [1.54, 1.807) is 12.4 Å². The van der Waals surface area contributed by atoms with Crippen molar-refractivity contribution in [1.82, 2.24) is 4.98 Å². The first-order valence-electron chi connectivity index (χ1n) is 5.69. The monoisotopic (exact) mass is 337 g/mol. The summed E-state index contributed by atoms with van der Waals surface area (Å²) in [5.74, 6) is -0.808. The van der Waals surface area contributed by atoms with Crippen LogP contribution in [-0.4, -0.2) is 21.3 Å². The van der Waals surface area contributed by atoms with Gasteiger partial charge in [-0.25, -0.2) is 0 Å². The number of hydrogen-bond donors (Lipinski definition) is 1. The van der Waals surface area contributed by atoms with E-state index in [-0.39, 0.29) is 0 Å². The quantitative estimate of drug-likeness (QED) is 0.846. The largest absolute Gasteiger partial charge is 0.480 e. The van der Waals surface area contributed by atoms with E-state index in [0.29, 0.717) is 6.42 Å². The van der Waals surface area contributed by atoms with Crippen molar-refractivity contribution in [2.75, 3.05) is 0 Å². The number of carboxylic acid groups (broad SMARTS) is 1. The summed E-state index contributed by atoms with van der Waals surface area (Å²) in [6.45, 7) is 0. The first-order chi connectivity index (χ1) is 9.16. The number of carbonyl (C=O) groups is 1. The van der Waals surface area contributed by atoms with Crippen molar-refractivity contribution in [2.45, 2.75) is 16.6 Å². The summed E-state index contributed by atoms with van der Waals surface area (Å²) in [6, 6.07) is 11.5. The Bertz CT molecular complexity index is 562. The molecule has 0 aliphatic heterocycles. The van der Waals surface area contributed by atoms with Crippen LogP contribution in [-0.2, 0) is 11.2 Å². The highest BCUT2D eigenvalue weighted by atomic mass is 79.9. The van der Waals surface area contributed by atoms with Crippen LogP contribution in [0.15, 0.2) is 58.2 Å². The van der Waals surface area contributed by atoms with E-state index in [1.165, 1.54) is 11.8 Å². The lowest BCUT2D eigenvalue weighted by Gasteiger charge is -2.13. The van der Waals surface area contributed by atoms with Crippen molar-refractivity contribution < 1.29 is 9.90 Å². The lowest BCUT2D eigenvalue weighted by molar-refractivity contribution is -0.136. The highest BCUT2D eigenvalue weighted by Crippen LogP contribution is 2.31. The summed E-state index contributed by atoms with van der Waals surface area (Å²) >= 11 is 4.71. The normalized spacial score (nSPS) is 12.1. The van der Waals surface area contributed by atoms with Crippen LogP contribution in [0.3, 0.4) is 0 Å². The summed E-state index contributed by atoms with van der Waals surface area (Å²) in [6.07, 6.45) is 3.83. The van der Waals surface area contributed by atoms with Crippen molar-refractivity contribution in [1.29, 1.82) is 0 Å². The van der Waals surface area contributed by atoms with Crippen LogP contribution in [0.25, 0.3) is 0 Å². The van der Waals surface area contributed by atoms with E-state index in [2.05, 4.69) is 20.9 Å². The van der Waals surface area contributed by atoms with Gasteiger partial charge in [-0.15, -0.1) is 11.8 Å². The molecular weight excluding hydrogens is 326 g/mol. The third-order valence-electron chi connectivity index (χ3n) is 2.54. The summed E-state index contributed by atoms with van der Waals surface area (Å²) in [7, 11) is 0. The third kappa shape index (κ3) is 4.08. The molecule has 1 aromatic heterocycles. The lowest BCUT2D eigenvalue weighted by Crippen LogP contribution is -2.19. The molecule has 2 aromatic rings. The third-order valence-corrected chi connectivity index (χ3v) is 4.70. The first-order valence-corrected chi connectivity index (χ1v) is 7.37. The van der Waals surface area contributed by atoms with Gasteiger partial charge in [0.1, 0.15) is 5.25 Å². The van der Waals surface area contributed by atoms with Gasteiger partial charge in [0.05, 0.1) is 0 Å². The Morgan fingerprint density at radius 2 is 2.05 bits per heavy atom. The Labute approximate surface area is 124 Å². The molecule has 0 fully saturated rings. The van der Waals surface area contributed by atoms with E-state index in [0.717, 1.165) is 14.9 Å². The molecule has 1 N–H and O–H groups in total. The minimum Gasteiger partial charge on any atom is -0.480 e. The highest BCUT2D eigenvalue weighted by Gasteiger charge is 2.20. The number of hydrogen-bond acceptors (Lipinski definition) is 3. The Morgan fingerprint density at radius 1 is 1.32 bits per heavy atom. The van der Waals surface area contributed by atoms with E-state index in [9.17, 15) is 9.90 Å². The second-order valence-electron chi connectivity index (χ2n) is 3.94. The molecule has 0 spiro atoms. The summed E-state index contributed by atoms with van der Waals surface area (Å²) in [5, 5.41) is 8.82. The van der Waals surface area contributed by atoms with Crippen molar-refractivity contribution in [3.63, 3.8) is 0 Å². The van der Waals surface area contributed by atoms with Crippen molar-refractivity contribution in [3.8, 4) is 0 Å². The molecule has 1 aromatic carbocycles. The minimum absolute atomic E-state index is 0.496. The number of halogens is 1. The fourth-order valence-electron chi connectivity index (χ4n) is 1.62. The van der Waals surface area contributed by atoms with E-state index in [4.69, 9.17) is 0 Å². The van der Waals surface area contributed by atoms with Gasteiger partial charge in [0.15, 0.2) is 0 Å². The fourth-order valence-corrected chi connectivity index (χ4v) is 3.14. The van der Waals surface area contributed by atoms with Crippen molar-refractivity contribution in [2.24, 2.45) is 0 Å². The maximum absolute atomic E-state index is 11.4. The van der Waals surface area contributed by atoms with Gasteiger partial charge in [-0.1, -0.05) is 30.3 Å². The van der Waals surface area contributed by atoms with Gasteiger partial charge in [0, 0.05) is 21.8 Å². The first kappa shape index (κ1) is 14.1. The molecule has 0 saturated heterocycles. The molecule has 19 heavy (non-hydrogen) atoms. The van der Waals surface area contributed by atoms with Crippen LogP contribution in [0.5, 0.6) is 0 Å². The molecule has 5 heteroatoms. The molecule has 98 valence electrons. The standard InChI is InChI=1S/C14H12BrNO2S/c15-11-9-16-7-6-12(11)19-13(14(17)18)8-10-4-2-1-3-5-10/h1-7,9,13H,8H2,(H,17,18). The van der Waals surface area contributed by atoms with Gasteiger partial charge < -0.3 is 5.11 Å². The number of aromatic nitrogens is 1. The Kier molecular flexibility index (Phi) is 4.99. The van der Waals surface area contributed by atoms with Crippen molar-refractivity contribution in [3.05, 3.63) is 58.8 Å². The number of nitrogens with zero attached hydrogens (tertiary/aromatic N) is 1. The predicted octanol–water partition coefficient (Wildman–Crippen LogP) is 3.63. The molecule has 0 bridgehead atoms. The Morgan fingerprint density at radius 3 is 2.68 bits per heavy atom. The smallest absolute Gasteiger partial charge is 0.317 e. The molecule has 1 unspecified atom stereocenters. The molecule has 0 aliphatic rings. The maximum atomic E-state index is 11.4. The summed E-state index contributed by atoms with van der Waals surface area (Å²) in [4.78, 5) is 16.2. The van der Waals surface area contributed by atoms with Gasteiger partial charge >= 0.3 is 5.97 Å². The maximum Gasteiger partial charge on any atom is 0.317 e. The zero-order chi connectivity index (χ0) is 13.7. The van der Waals surface area contributed by atoms with E-state index < -0.39 is 11.2 Å². The van der Waals surface area contributed by atoms with Gasteiger partial charge in [-0.3, -0.25) is 9.78 Å². The Balaban J connectivity index is 2.13. The second-order valence-corrected chi connectivity index (χ2v) is 6.04. The number of rotatable bonds is 5. The predicted molar refractivity (Wildman–Crippen MR) is 79.4 cm³/mol. The minimum atomic E-state index is -0.808. The second kappa shape index (κ2) is 6.73. The molecule has 1 heterocycles. The SMILES string of the molecule is O=C(O)C(Cc1ccccc1)Sc1ccncc1Br. The fraction of sp³-hybridized carbons (Fsp3) is 0.143. The van der Waals surface area contributed by atoms with Gasteiger partial charge in [0.2, 0.25) is 0 Å². The number of aliphatic carboxylic acids is 1. The molecule has 1 atom stereocenters. The Hall–Kier alpha value is -1.33. The average molecular weight is 338 g/mol. The molecule has 0 saturated carbocycles. The average Bonchev–Trinajstić information content (AvgIpc) is 2.41. The van der Waals surface area contributed by atoms with Gasteiger partial charge in [0.25, 0.3) is 0 Å². The van der Waals surface area contributed by atoms with Crippen molar-refractivity contribution >= 4 is 33.7 Å². The van der Waals surface area contributed by atoms with E-state index >= 15 is 0 Å². The van der Waals surface area contributed by atoms with Gasteiger partial charge in [-0.2, -0.15) is 0 Å². The molecule has 0 amide bonds. The molecule has 3 nitrogen and oxygen atoms in total. The topological polar surface area (TPSA) is 50.2 Å². The summed E-state index contributed by atoms with van der Waals surface area (Å²) < 4.78 is 0.819. The van der Waals surface area contributed by atoms with Crippen LogP contribution in [0, 0.1) is 0 Å². The van der Waals surface area contributed by atoms with E-state index in [1.807, 2.05) is 36.4 Å². The van der Waals surface area contributed by atoms with Crippen LogP contribution < -0.4 is 0 Å².